The summed E-state index contributed by atoms with van der Waals surface area (Å²) in [5.41, 5.74) is 3.07. The van der Waals surface area contributed by atoms with Gasteiger partial charge in [0.15, 0.2) is 7.26 Å². The molecule has 0 unspecified atom stereocenters. The first-order valence-corrected chi connectivity index (χ1v) is 16.4. The van der Waals surface area contributed by atoms with E-state index in [1.54, 1.807) is 0 Å². The van der Waals surface area contributed by atoms with Gasteiger partial charge >= 0.3 is 0 Å². The highest BCUT2D eigenvalue weighted by Gasteiger charge is 2.53. The van der Waals surface area contributed by atoms with Crippen molar-refractivity contribution in [1.82, 2.24) is 4.98 Å². The van der Waals surface area contributed by atoms with Crippen LogP contribution in [0.4, 0.5) is 5.88 Å². The number of benzene rings is 5. The number of rotatable bonds is 8. The van der Waals surface area contributed by atoms with E-state index in [1.165, 1.54) is 21.5 Å². The number of aromatic nitrogens is 1. The van der Waals surface area contributed by atoms with Crippen molar-refractivity contribution >= 4 is 34.5 Å². The largest absolute Gasteiger partial charge is 0.416 e. The molecule has 0 aliphatic carbocycles. The van der Waals surface area contributed by atoms with E-state index in [9.17, 15) is 0 Å². The van der Waals surface area contributed by atoms with E-state index in [-0.39, 0.29) is 0 Å². The van der Waals surface area contributed by atoms with Crippen LogP contribution in [0, 0.1) is 10.2 Å². The second-order valence-electron chi connectivity index (χ2n) is 9.45. The molecular formula is C34H29ClN2O5P+. The molecule has 6 rings (SSSR count). The van der Waals surface area contributed by atoms with Crippen molar-refractivity contribution in [3.05, 3.63) is 157 Å². The first-order chi connectivity index (χ1) is 20.9. The number of anilines is 1. The Hall–Kier alpha value is -4.33. The van der Waals surface area contributed by atoms with Crippen molar-refractivity contribution in [2.24, 2.45) is 0 Å². The lowest BCUT2D eigenvalue weighted by atomic mass is 10.2. The fraction of sp³-hybridized carbons (Fsp3) is 0.0294. The molecule has 0 amide bonds. The molecule has 0 atom stereocenters. The summed E-state index contributed by atoms with van der Waals surface area (Å²) in [6.07, 6.45) is 0. The summed E-state index contributed by atoms with van der Waals surface area (Å²) >= 11 is 0. The lowest BCUT2D eigenvalue weighted by molar-refractivity contribution is -1.92. The third kappa shape index (κ3) is 7.37. The van der Waals surface area contributed by atoms with E-state index in [0.717, 1.165) is 11.0 Å². The highest BCUT2D eigenvalue weighted by Crippen LogP contribution is 2.55. The van der Waals surface area contributed by atoms with Gasteiger partial charge in [-0.2, -0.15) is 19.0 Å². The minimum atomic E-state index is -4.69. The van der Waals surface area contributed by atoms with Crippen molar-refractivity contribution in [3.8, 4) is 11.5 Å². The third-order valence-electron chi connectivity index (χ3n) is 6.67. The Morgan fingerprint density at radius 2 is 0.977 bits per heavy atom. The Balaban J connectivity index is 0.000000682. The van der Waals surface area contributed by atoms with E-state index in [0.29, 0.717) is 18.3 Å². The van der Waals surface area contributed by atoms with E-state index in [2.05, 4.69) is 121 Å². The summed E-state index contributed by atoms with van der Waals surface area (Å²) < 4.78 is 39.3. The molecule has 0 fully saturated rings. The number of nitrogens with one attached hydrogen (secondary N) is 1. The third-order valence-corrected chi connectivity index (χ3v) is 10.8. The van der Waals surface area contributed by atoms with Crippen molar-refractivity contribution in [2.45, 2.75) is 6.54 Å². The Morgan fingerprint density at radius 1 is 0.605 bits per heavy atom. The van der Waals surface area contributed by atoms with Crippen LogP contribution in [0.5, 0.6) is 0 Å². The molecule has 0 spiro atoms. The van der Waals surface area contributed by atoms with Crippen LogP contribution in [0.15, 0.2) is 156 Å². The zero-order chi connectivity index (χ0) is 30.1. The number of halogens is 1. The Morgan fingerprint density at radius 3 is 1.40 bits per heavy atom. The highest BCUT2D eigenvalue weighted by molar-refractivity contribution is 8.01. The van der Waals surface area contributed by atoms with Crippen LogP contribution in [0.25, 0.3) is 11.5 Å². The maximum absolute atomic E-state index is 8.60. The van der Waals surface area contributed by atoms with Crippen molar-refractivity contribution in [3.63, 3.8) is 0 Å². The zero-order valence-corrected chi connectivity index (χ0v) is 24.6. The molecule has 0 saturated heterocycles. The maximum Gasteiger partial charge on any atom is 0.261 e. The molecular weight excluding hydrogens is 583 g/mol. The number of nitrogens with zero attached hydrogens (tertiary/aromatic N) is 1. The smallest absolute Gasteiger partial charge is 0.261 e. The van der Waals surface area contributed by atoms with Gasteiger partial charge in [-0.15, -0.1) is 0 Å². The summed E-state index contributed by atoms with van der Waals surface area (Å²) in [5, 5.41) is 7.32. The van der Waals surface area contributed by atoms with E-state index in [1.807, 2.05) is 36.4 Å². The summed E-state index contributed by atoms with van der Waals surface area (Å²) in [4.78, 5) is 5.31. The minimum absolute atomic E-state index is 0.614. The van der Waals surface area contributed by atoms with Gasteiger partial charge in [-0.1, -0.05) is 103 Å². The summed E-state index contributed by atoms with van der Waals surface area (Å²) in [7, 11) is -7.13. The Labute approximate surface area is 252 Å². The fourth-order valence-electron chi connectivity index (χ4n) is 4.91. The molecule has 1 heterocycles. The van der Waals surface area contributed by atoms with E-state index in [4.69, 9.17) is 28.0 Å². The van der Waals surface area contributed by atoms with Gasteiger partial charge in [-0.3, -0.25) is 0 Å². The van der Waals surface area contributed by atoms with Crippen molar-refractivity contribution in [2.75, 3.05) is 5.32 Å². The molecule has 1 aromatic heterocycles. The number of hydrogen-bond acceptors (Lipinski definition) is 7. The van der Waals surface area contributed by atoms with Crippen LogP contribution in [0.3, 0.4) is 0 Å². The standard InChI is InChI=1S/C34H28N2OP.ClHO4/c1-6-16-27(17-7-1)26-35-33-34(36-32(37-33)28-18-8-2-9-19-28)38(29-20-10-3-11-21-29,30-22-12-4-13-23-30)31-24-14-5-15-25-31;2-1(3,4)5/h1-25,35H,26H2;(H,2,3,4,5)/q+1;. The highest BCUT2D eigenvalue weighted by atomic mass is 35.7. The van der Waals surface area contributed by atoms with Crippen molar-refractivity contribution in [1.29, 1.82) is 0 Å². The summed E-state index contributed by atoms with van der Waals surface area (Å²) in [6, 6.07) is 52.8. The normalized spacial score (nSPS) is 11.3. The molecule has 0 aliphatic heterocycles. The van der Waals surface area contributed by atoms with Crippen LogP contribution in [0.1, 0.15) is 5.56 Å². The molecule has 0 radical (unpaired) electrons. The predicted octanol–water partition coefficient (Wildman–Crippen LogP) is 2.45. The second-order valence-corrected chi connectivity index (χ2v) is 13.6. The molecule has 6 aromatic rings. The van der Waals surface area contributed by atoms with Gasteiger partial charge in [-0.05, 0) is 54.1 Å². The number of oxazole rings is 1. The fourth-order valence-corrected chi connectivity index (χ4v) is 9.06. The molecule has 0 aliphatic rings. The van der Waals surface area contributed by atoms with Crippen LogP contribution < -0.4 is 40.6 Å². The van der Waals surface area contributed by atoms with Crippen molar-refractivity contribution < 1.29 is 33.3 Å². The first kappa shape index (κ1) is 30.1. The van der Waals surface area contributed by atoms with Gasteiger partial charge in [0.2, 0.25) is 5.89 Å². The zero-order valence-electron chi connectivity index (χ0n) is 23.0. The molecule has 216 valence electrons. The Bertz CT molecular complexity index is 1600. The number of hydrogen-bond donors (Lipinski definition) is 2. The lowest BCUT2D eigenvalue weighted by Gasteiger charge is -2.25. The van der Waals surface area contributed by atoms with Crippen LogP contribution in [-0.4, -0.2) is 9.64 Å². The van der Waals surface area contributed by atoms with Crippen LogP contribution in [-0.2, 0) is 6.54 Å². The SMILES string of the molecule is [O-][Cl+3]([O-])([O-])O.c1ccc(CNc2oc(-c3ccccc3)nc2[P+](c2ccccc2)(c2ccccc2)c2ccccc2)cc1. The summed E-state index contributed by atoms with van der Waals surface area (Å²) in [6.45, 7) is 0.635. The average Bonchev–Trinajstić information content (AvgIpc) is 3.47. The summed E-state index contributed by atoms with van der Waals surface area (Å²) in [5.74, 6) is 1.32. The van der Waals surface area contributed by atoms with Gasteiger partial charge < -0.3 is 9.73 Å². The molecule has 2 N–H and O–H groups in total. The average molecular weight is 612 g/mol. The van der Waals surface area contributed by atoms with Crippen LogP contribution >= 0.6 is 7.26 Å². The molecule has 5 aromatic carbocycles. The Kier molecular flexibility index (Phi) is 9.65. The van der Waals surface area contributed by atoms with Gasteiger partial charge in [0.1, 0.15) is 15.9 Å². The maximum atomic E-state index is 8.60. The quantitative estimate of drug-likeness (QED) is 0.253. The minimum Gasteiger partial charge on any atom is -0.416 e. The molecule has 0 bridgehead atoms. The van der Waals surface area contributed by atoms with Gasteiger partial charge in [-0.25, -0.2) is 0 Å². The molecule has 9 heteroatoms. The predicted molar refractivity (Wildman–Crippen MR) is 163 cm³/mol. The van der Waals surface area contributed by atoms with Gasteiger partial charge in [0, 0.05) is 12.1 Å². The van der Waals surface area contributed by atoms with Crippen LogP contribution in [0.2, 0.25) is 0 Å². The van der Waals surface area contributed by atoms with Gasteiger partial charge in [0.05, 0.1) is 14.9 Å². The monoisotopic (exact) mass is 611 g/mol. The molecule has 0 saturated carbocycles. The van der Waals surface area contributed by atoms with E-state index < -0.39 is 17.5 Å². The molecule has 7 nitrogen and oxygen atoms in total. The lowest BCUT2D eigenvalue weighted by Crippen LogP contribution is -2.58. The van der Waals surface area contributed by atoms with Gasteiger partial charge in [0.25, 0.3) is 11.3 Å². The van der Waals surface area contributed by atoms with E-state index >= 15 is 0 Å². The molecule has 43 heavy (non-hydrogen) atoms. The first-order valence-electron chi connectivity index (χ1n) is 13.4. The second kappa shape index (κ2) is 13.8. The topological polar surface area (TPSA) is 127 Å².